The van der Waals surface area contributed by atoms with Crippen molar-refractivity contribution in [2.45, 2.75) is 39.2 Å². The Labute approximate surface area is 70.8 Å². The lowest BCUT2D eigenvalue weighted by Crippen LogP contribution is -2.46. The molecule has 2 nitrogen and oxygen atoms in total. The minimum atomic E-state index is 0.118. The van der Waals surface area contributed by atoms with Gasteiger partial charge in [0.1, 0.15) is 0 Å². The van der Waals surface area contributed by atoms with Crippen LogP contribution in [0.25, 0.3) is 0 Å². The van der Waals surface area contributed by atoms with Gasteiger partial charge in [-0.25, -0.2) is 0 Å². The van der Waals surface area contributed by atoms with E-state index in [2.05, 4.69) is 18.9 Å². The Kier molecular flexibility index (Phi) is 4.69. The summed E-state index contributed by atoms with van der Waals surface area (Å²) in [7, 11) is 2.15. The number of likely N-dealkylation sites (tertiary alicyclic amines) is 1. The Morgan fingerprint density at radius 3 is 1.82 bits per heavy atom. The number of hydrogen-bond donors (Lipinski definition) is 1. The SMILES string of the molecule is CC.CN1CCC(C)(N)CC1. The first-order chi connectivity index (χ1) is 5.10. The summed E-state index contributed by atoms with van der Waals surface area (Å²) in [5.41, 5.74) is 6.03. The molecule has 1 fully saturated rings. The van der Waals surface area contributed by atoms with Crippen molar-refractivity contribution in [3.63, 3.8) is 0 Å². The summed E-state index contributed by atoms with van der Waals surface area (Å²) in [6.07, 6.45) is 2.28. The topological polar surface area (TPSA) is 29.3 Å². The maximum absolute atomic E-state index is 5.91. The average molecular weight is 158 g/mol. The van der Waals surface area contributed by atoms with Crippen molar-refractivity contribution < 1.29 is 0 Å². The third-order valence-corrected chi connectivity index (χ3v) is 2.13. The molecular weight excluding hydrogens is 136 g/mol. The zero-order valence-electron chi connectivity index (χ0n) is 8.35. The molecule has 1 aliphatic rings. The third kappa shape index (κ3) is 4.38. The van der Waals surface area contributed by atoms with E-state index < -0.39 is 0 Å². The van der Waals surface area contributed by atoms with Gasteiger partial charge >= 0.3 is 0 Å². The highest BCUT2D eigenvalue weighted by Crippen LogP contribution is 2.16. The average Bonchev–Trinajstić information content (AvgIpc) is 2.00. The van der Waals surface area contributed by atoms with Gasteiger partial charge in [-0.05, 0) is 39.9 Å². The van der Waals surface area contributed by atoms with Gasteiger partial charge in [-0.3, -0.25) is 0 Å². The summed E-state index contributed by atoms with van der Waals surface area (Å²) in [6.45, 7) is 8.46. The van der Waals surface area contributed by atoms with Gasteiger partial charge in [0.15, 0.2) is 0 Å². The normalized spacial score (nSPS) is 23.7. The summed E-state index contributed by atoms with van der Waals surface area (Å²) < 4.78 is 0. The molecular formula is C9H22N2. The van der Waals surface area contributed by atoms with Gasteiger partial charge in [-0.1, -0.05) is 13.8 Å². The zero-order chi connectivity index (χ0) is 8.91. The molecule has 0 bridgehead atoms. The molecule has 0 unspecified atom stereocenters. The molecule has 0 spiro atoms. The Morgan fingerprint density at radius 1 is 1.18 bits per heavy atom. The van der Waals surface area contributed by atoms with Gasteiger partial charge in [0, 0.05) is 5.54 Å². The van der Waals surface area contributed by atoms with Crippen molar-refractivity contribution in [1.82, 2.24) is 4.90 Å². The van der Waals surface area contributed by atoms with Crippen LogP contribution in [0.2, 0.25) is 0 Å². The lowest BCUT2D eigenvalue weighted by Gasteiger charge is -2.34. The number of piperidine rings is 1. The summed E-state index contributed by atoms with van der Waals surface area (Å²) >= 11 is 0. The second-order valence-electron chi connectivity index (χ2n) is 3.46. The lowest BCUT2D eigenvalue weighted by molar-refractivity contribution is 0.203. The fourth-order valence-electron chi connectivity index (χ4n) is 1.13. The predicted molar refractivity (Wildman–Crippen MR) is 50.7 cm³/mol. The molecule has 1 rings (SSSR count). The van der Waals surface area contributed by atoms with Crippen molar-refractivity contribution in [1.29, 1.82) is 0 Å². The number of rotatable bonds is 0. The van der Waals surface area contributed by atoms with Crippen LogP contribution in [0.5, 0.6) is 0 Å². The maximum atomic E-state index is 5.91. The van der Waals surface area contributed by atoms with Gasteiger partial charge in [-0.15, -0.1) is 0 Å². The van der Waals surface area contributed by atoms with E-state index in [1.807, 2.05) is 13.8 Å². The summed E-state index contributed by atoms with van der Waals surface area (Å²) in [4.78, 5) is 2.33. The Bertz CT molecular complexity index is 89.7. The lowest BCUT2D eigenvalue weighted by atomic mass is 9.91. The minimum Gasteiger partial charge on any atom is -0.325 e. The monoisotopic (exact) mass is 158 g/mol. The molecule has 0 aliphatic carbocycles. The molecule has 1 aliphatic heterocycles. The fourth-order valence-corrected chi connectivity index (χ4v) is 1.13. The second kappa shape index (κ2) is 4.73. The van der Waals surface area contributed by atoms with Crippen molar-refractivity contribution >= 4 is 0 Å². The van der Waals surface area contributed by atoms with Crippen molar-refractivity contribution in [2.24, 2.45) is 5.73 Å². The van der Waals surface area contributed by atoms with E-state index in [4.69, 9.17) is 5.73 Å². The van der Waals surface area contributed by atoms with E-state index in [0.717, 1.165) is 25.9 Å². The Hall–Kier alpha value is -0.0800. The molecule has 68 valence electrons. The largest absolute Gasteiger partial charge is 0.325 e. The fraction of sp³-hybridized carbons (Fsp3) is 1.00. The quantitative estimate of drug-likeness (QED) is 0.578. The zero-order valence-corrected chi connectivity index (χ0v) is 8.35. The highest BCUT2D eigenvalue weighted by Gasteiger charge is 2.23. The van der Waals surface area contributed by atoms with E-state index in [9.17, 15) is 0 Å². The van der Waals surface area contributed by atoms with Crippen LogP contribution in [-0.2, 0) is 0 Å². The molecule has 0 amide bonds. The van der Waals surface area contributed by atoms with E-state index in [1.165, 1.54) is 0 Å². The molecule has 0 radical (unpaired) electrons. The van der Waals surface area contributed by atoms with E-state index >= 15 is 0 Å². The van der Waals surface area contributed by atoms with Crippen molar-refractivity contribution in [2.75, 3.05) is 20.1 Å². The maximum Gasteiger partial charge on any atom is 0.0150 e. The van der Waals surface area contributed by atoms with Crippen LogP contribution < -0.4 is 5.73 Å². The van der Waals surface area contributed by atoms with Crippen LogP contribution in [0, 0.1) is 0 Å². The van der Waals surface area contributed by atoms with Crippen LogP contribution >= 0.6 is 0 Å². The smallest absolute Gasteiger partial charge is 0.0150 e. The summed E-state index contributed by atoms with van der Waals surface area (Å²) in [5.74, 6) is 0. The minimum absolute atomic E-state index is 0.118. The molecule has 0 atom stereocenters. The molecule has 2 heteroatoms. The van der Waals surface area contributed by atoms with E-state index in [-0.39, 0.29) is 5.54 Å². The van der Waals surface area contributed by atoms with Crippen LogP contribution in [0.4, 0.5) is 0 Å². The molecule has 1 saturated heterocycles. The van der Waals surface area contributed by atoms with Crippen LogP contribution in [0.15, 0.2) is 0 Å². The van der Waals surface area contributed by atoms with Crippen molar-refractivity contribution in [3.8, 4) is 0 Å². The first-order valence-corrected chi connectivity index (χ1v) is 4.58. The third-order valence-electron chi connectivity index (χ3n) is 2.13. The number of nitrogens with two attached hydrogens (primary N) is 1. The molecule has 2 N–H and O–H groups in total. The van der Waals surface area contributed by atoms with Gasteiger partial charge in [0.05, 0.1) is 0 Å². The summed E-state index contributed by atoms with van der Waals surface area (Å²) in [5, 5.41) is 0. The highest BCUT2D eigenvalue weighted by atomic mass is 15.1. The van der Waals surface area contributed by atoms with Crippen molar-refractivity contribution in [3.05, 3.63) is 0 Å². The number of nitrogens with zero attached hydrogens (tertiary/aromatic N) is 1. The predicted octanol–water partition coefficient (Wildman–Crippen LogP) is 1.46. The second-order valence-corrected chi connectivity index (χ2v) is 3.46. The first kappa shape index (κ1) is 10.9. The molecule has 0 aromatic heterocycles. The van der Waals surface area contributed by atoms with Gasteiger partial charge < -0.3 is 10.6 Å². The van der Waals surface area contributed by atoms with Gasteiger partial charge in [0.25, 0.3) is 0 Å². The van der Waals surface area contributed by atoms with Crippen LogP contribution in [0.3, 0.4) is 0 Å². The molecule has 1 heterocycles. The van der Waals surface area contributed by atoms with E-state index in [1.54, 1.807) is 0 Å². The van der Waals surface area contributed by atoms with E-state index in [0.29, 0.717) is 0 Å². The first-order valence-electron chi connectivity index (χ1n) is 4.58. The van der Waals surface area contributed by atoms with Gasteiger partial charge in [0.2, 0.25) is 0 Å². The number of hydrogen-bond acceptors (Lipinski definition) is 2. The van der Waals surface area contributed by atoms with Crippen LogP contribution in [-0.4, -0.2) is 30.6 Å². The molecule has 0 aromatic carbocycles. The highest BCUT2D eigenvalue weighted by molar-refractivity contribution is 4.84. The standard InChI is InChI=1S/C7H16N2.C2H6/c1-7(8)3-5-9(2)6-4-7;1-2/h3-6,8H2,1-2H3;1-2H3. The Morgan fingerprint density at radius 2 is 1.55 bits per heavy atom. The van der Waals surface area contributed by atoms with Crippen LogP contribution in [0.1, 0.15) is 33.6 Å². The molecule has 0 aromatic rings. The van der Waals surface area contributed by atoms with Gasteiger partial charge in [-0.2, -0.15) is 0 Å². The Balaban J connectivity index is 0.000000461. The molecule has 0 saturated carbocycles. The summed E-state index contributed by atoms with van der Waals surface area (Å²) in [6, 6.07) is 0. The molecule has 11 heavy (non-hydrogen) atoms.